The Morgan fingerprint density at radius 1 is 1.09 bits per heavy atom. The zero-order valence-electron chi connectivity index (χ0n) is 19.0. The van der Waals surface area contributed by atoms with Crippen LogP contribution in [0.5, 0.6) is 5.88 Å². The van der Waals surface area contributed by atoms with Crippen molar-refractivity contribution in [3.63, 3.8) is 0 Å². The Morgan fingerprint density at radius 2 is 1.82 bits per heavy atom. The third-order valence-electron chi connectivity index (χ3n) is 5.41. The lowest BCUT2D eigenvalue weighted by Crippen LogP contribution is -2.47. The maximum Gasteiger partial charge on any atom is 0.274 e. The van der Waals surface area contributed by atoms with E-state index in [1.165, 1.54) is 18.3 Å². The standard InChI is InChI=1S/C23H26N6O4S/c1-17-5-7-19(8-6-17)34(31,32)27-21-22(33-16-18-4-3-9-24-14-18)26-20(15-25-21)23(30)29-12-10-28(2)11-13-29/h3-9,14-15H,10-13,16H2,1-2H3,(H,25,27). The van der Waals surface area contributed by atoms with Crippen LogP contribution in [0.3, 0.4) is 0 Å². The van der Waals surface area contributed by atoms with Gasteiger partial charge in [-0.1, -0.05) is 23.8 Å². The Hall–Kier alpha value is -3.57. The number of carbonyl (C=O) groups is 1. The molecule has 0 atom stereocenters. The minimum Gasteiger partial charge on any atom is -0.470 e. The lowest BCUT2D eigenvalue weighted by Gasteiger charge is -2.32. The number of hydrogen-bond acceptors (Lipinski definition) is 8. The molecule has 1 amide bonds. The highest BCUT2D eigenvalue weighted by Crippen LogP contribution is 2.24. The quantitative estimate of drug-likeness (QED) is 0.543. The Balaban J connectivity index is 1.61. The summed E-state index contributed by atoms with van der Waals surface area (Å²) in [5.41, 5.74) is 1.78. The van der Waals surface area contributed by atoms with Crippen molar-refractivity contribution in [3.05, 3.63) is 71.8 Å². The van der Waals surface area contributed by atoms with Gasteiger partial charge in [0.05, 0.1) is 11.1 Å². The molecule has 4 rings (SSSR count). The minimum absolute atomic E-state index is 0.0773. The molecule has 178 valence electrons. The van der Waals surface area contributed by atoms with E-state index < -0.39 is 10.0 Å². The zero-order valence-corrected chi connectivity index (χ0v) is 19.8. The molecule has 1 saturated heterocycles. The van der Waals surface area contributed by atoms with E-state index in [4.69, 9.17) is 4.74 Å². The molecule has 0 saturated carbocycles. The second kappa shape index (κ2) is 10.1. The molecular formula is C23H26N6O4S. The number of rotatable bonds is 7. The predicted molar refractivity (Wildman–Crippen MR) is 126 cm³/mol. The van der Waals surface area contributed by atoms with Crippen molar-refractivity contribution in [3.8, 4) is 5.88 Å². The van der Waals surface area contributed by atoms with Gasteiger partial charge in [-0.3, -0.25) is 14.5 Å². The summed E-state index contributed by atoms with van der Waals surface area (Å²) in [6, 6.07) is 10.0. The molecule has 11 heteroatoms. The van der Waals surface area contributed by atoms with E-state index in [1.807, 2.05) is 20.0 Å². The number of likely N-dealkylation sites (N-methyl/N-ethyl adjacent to an activating group) is 1. The number of pyridine rings is 1. The van der Waals surface area contributed by atoms with Crippen molar-refractivity contribution in [2.75, 3.05) is 37.9 Å². The SMILES string of the molecule is Cc1ccc(S(=O)(=O)Nc2ncc(C(=O)N3CCN(C)CC3)nc2OCc2cccnc2)cc1. The summed E-state index contributed by atoms with van der Waals surface area (Å²) < 4.78 is 34.1. The van der Waals surface area contributed by atoms with E-state index in [9.17, 15) is 13.2 Å². The van der Waals surface area contributed by atoms with Crippen LogP contribution in [0.1, 0.15) is 21.6 Å². The van der Waals surface area contributed by atoms with Gasteiger partial charge >= 0.3 is 0 Å². The number of nitrogens with zero attached hydrogens (tertiary/aromatic N) is 5. The molecule has 3 aromatic rings. The van der Waals surface area contributed by atoms with E-state index >= 15 is 0 Å². The first-order valence-electron chi connectivity index (χ1n) is 10.8. The van der Waals surface area contributed by atoms with Gasteiger partial charge in [0.25, 0.3) is 21.8 Å². The van der Waals surface area contributed by atoms with E-state index in [0.29, 0.717) is 13.1 Å². The normalized spacial score (nSPS) is 14.6. The number of carbonyl (C=O) groups excluding carboxylic acids is 1. The Labute approximate surface area is 198 Å². The van der Waals surface area contributed by atoms with Crippen LogP contribution in [0.4, 0.5) is 5.82 Å². The van der Waals surface area contributed by atoms with Gasteiger partial charge in [-0.15, -0.1) is 0 Å². The van der Waals surface area contributed by atoms with Crippen molar-refractivity contribution < 1.29 is 17.9 Å². The van der Waals surface area contributed by atoms with Crippen LogP contribution >= 0.6 is 0 Å². The fourth-order valence-electron chi connectivity index (χ4n) is 3.36. The van der Waals surface area contributed by atoms with Crippen LogP contribution in [-0.2, 0) is 16.6 Å². The number of anilines is 1. The van der Waals surface area contributed by atoms with Gasteiger partial charge in [0.2, 0.25) is 5.82 Å². The molecule has 2 aromatic heterocycles. The highest BCUT2D eigenvalue weighted by molar-refractivity contribution is 7.92. The highest BCUT2D eigenvalue weighted by Gasteiger charge is 2.25. The molecule has 0 bridgehead atoms. The van der Waals surface area contributed by atoms with Gasteiger partial charge in [0.1, 0.15) is 6.61 Å². The molecule has 3 heterocycles. The molecular weight excluding hydrogens is 456 g/mol. The monoisotopic (exact) mass is 482 g/mol. The van der Waals surface area contributed by atoms with Crippen LogP contribution in [0.25, 0.3) is 0 Å². The lowest BCUT2D eigenvalue weighted by molar-refractivity contribution is 0.0656. The number of piperazine rings is 1. The van der Waals surface area contributed by atoms with E-state index in [1.54, 1.807) is 35.5 Å². The number of ether oxygens (including phenoxy) is 1. The average molecular weight is 483 g/mol. The first kappa shape index (κ1) is 23.6. The number of nitrogens with one attached hydrogen (secondary N) is 1. The topological polar surface area (TPSA) is 118 Å². The smallest absolute Gasteiger partial charge is 0.274 e. The molecule has 0 unspecified atom stereocenters. The largest absolute Gasteiger partial charge is 0.470 e. The number of amides is 1. The molecule has 10 nitrogen and oxygen atoms in total. The fourth-order valence-corrected chi connectivity index (χ4v) is 4.36. The summed E-state index contributed by atoms with van der Waals surface area (Å²) in [5.74, 6) is -0.460. The van der Waals surface area contributed by atoms with Crippen molar-refractivity contribution in [2.45, 2.75) is 18.4 Å². The van der Waals surface area contributed by atoms with Gasteiger partial charge in [-0.05, 0) is 32.2 Å². The molecule has 0 spiro atoms. The second-order valence-electron chi connectivity index (χ2n) is 8.07. The average Bonchev–Trinajstić information content (AvgIpc) is 2.84. The summed E-state index contributed by atoms with van der Waals surface area (Å²) in [7, 11) is -1.94. The van der Waals surface area contributed by atoms with Gasteiger partial charge in [-0.2, -0.15) is 0 Å². The Kier molecular flexibility index (Phi) is 7.03. The number of hydrogen-bond donors (Lipinski definition) is 1. The number of benzene rings is 1. The summed E-state index contributed by atoms with van der Waals surface area (Å²) >= 11 is 0. The number of aryl methyl sites for hydroxylation is 1. The molecule has 1 fully saturated rings. The molecule has 1 N–H and O–H groups in total. The third-order valence-corrected chi connectivity index (χ3v) is 6.77. The first-order valence-corrected chi connectivity index (χ1v) is 12.3. The fraction of sp³-hybridized carbons (Fsp3) is 0.304. The van der Waals surface area contributed by atoms with E-state index in [0.717, 1.165) is 24.2 Å². The van der Waals surface area contributed by atoms with Crippen molar-refractivity contribution in [1.82, 2.24) is 24.8 Å². The summed E-state index contributed by atoms with van der Waals surface area (Å²) in [5, 5.41) is 0. The molecule has 1 aliphatic heterocycles. The maximum atomic E-state index is 13.0. The summed E-state index contributed by atoms with van der Waals surface area (Å²) in [6.07, 6.45) is 4.53. The third kappa shape index (κ3) is 5.67. The second-order valence-corrected chi connectivity index (χ2v) is 9.76. The van der Waals surface area contributed by atoms with Crippen molar-refractivity contribution >= 4 is 21.7 Å². The van der Waals surface area contributed by atoms with Crippen LogP contribution in [0.15, 0.2) is 59.9 Å². The van der Waals surface area contributed by atoms with Crippen LogP contribution in [0.2, 0.25) is 0 Å². The Bertz CT molecular complexity index is 1240. The molecule has 34 heavy (non-hydrogen) atoms. The zero-order chi connectivity index (χ0) is 24.1. The van der Waals surface area contributed by atoms with Crippen LogP contribution in [-0.4, -0.2) is 72.3 Å². The molecule has 1 aliphatic rings. The van der Waals surface area contributed by atoms with Gasteiger partial charge in [0, 0.05) is 44.1 Å². The van der Waals surface area contributed by atoms with Gasteiger partial charge < -0.3 is 14.5 Å². The van der Waals surface area contributed by atoms with Crippen LogP contribution < -0.4 is 9.46 Å². The predicted octanol–water partition coefficient (Wildman–Crippen LogP) is 1.95. The van der Waals surface area contributed by atoms with Crippen molar-refractivity contribution in [1.29, 1.82) is 0 Å². The van der Waals surface area contributed by atoms with Gasteiger partial charge in [-0.25, -0.2) is 18.4 Å². The van der Waals surface area contributed by atoms with Crippen molar-refractivity contribution in [2.24, 2.45) is 0 Å². The van der Waals surface area contributed by atoms with E-state index in [2.05, 4.69) is 24.6 Å². The number of aromatic nitrogens is 3. The maximum absolute atomic E-state index is 13.0. The number of sulfonamides is 1. The molecule has 1 aromatic carbocycles. The van der Waals surface area contributed by atoms with E-state index in [-0.39, 0.29) is 34.8 Å². The highest BCUT2D eigenvalue weighted by atomic mass is 32.2. The minimum atomic E-state index is -3.94. The summed E-state index contributed by atoms with van der Waals surface area (Å²) in [6.45, 7) is 4.62. The first-order chi connectivity index (χ1) is 16.3. The molecule has 0 aliphatic carbocycles. The molecule has 0 radical (unpaired) electrons. The van der Waals surface area contributed by atoms with Gasteiger partial charge in [0.15, 0.2) is 5.69 Å². The Morgan fingerprint density at radius 3 is 2.50 bits per heavy atom. The van der Waals surface area contributed by atoms with Crippen LogP contribution in [0, 0.1) is 6.92 Å². The lowest BCUT2D eigenvalue weighted by atomic mass is 10.2. The summed E-state index contributed by atoms with van der Waals surface area (Å²) in [4.78, 5) is 29.5.